The summed E-state index contributed by atoms with van der Waals surface area (Å²) in [4.78, 5) is 43.1. The van der Waals surface area contributed by atoms with Crippen LogP contribution in [0.3, 0.4) is 0 Å². The maximum Gasteiger partial charge on any atom is 0.293 e. The van der Waals surface area contributed by atoms with Crippen LogP contribution in [0.1, 0.15) is 83.5 Å². The number of unbranched alkanes of at least 4 members (excludes halogenated alkanes) is 9. The number of nitrogens with one attached hydrogen (secondary N) is 1. The number of hydrogen-bond donors (Lipinski definition) is 1. The third kappa shape index (κ3) is 20.0. The Morgan fingerprint density at radius 3 is 1.63 bits per heavy atom. The van der Waals surface area contributed by atoms with Crippen LogP contribution in [0, 0.1) is 0 Å². The average molecular weight is 385 g/mol. The maximum atomic E-state index is 11.6. The lowest BCUT2D eigenvalue weighted by Crippen LogP contribution is -2.35. The van der Waals surface area contributed by atoms with Crippen LogP contribution >= 0.6 is 0 Å². The molecule has 8 heteroatoms. The summed E-state index contributed by atoms with van der Waals surface area (Å²) in [6.07, 6.45) is 10.8. The Bertz CT molecular complexity index is 404. The van der Waals surface area contributed by atoms with Crippen LogP contribution in [0.25, 0.3) is 0 Å². The molecule has 0 spiro atoms. The normalized spacial score (nSPS) is 10.1. The largest absolute Gasteiger partial charge is 0.468 e. The van der Waals surface area contributed by atoms with Crippen molar-refractivity contribution in [3.63, 3.8) is 0 Å². The Kier molecular flexibility index (Phi) is 18.6. The summed E-state index contributed by atoms with van der Waals surface area (Å²) in [6, 6.07) is 0. The molecule has 0 heterocycles. The Morgan fingerprint density at radius 2 is 1.11 bits per heavy atom. The van der Waals surface area contributed by atoms with Crippen LogP contribution in [0.4, 0.5) is 0 Å². The predicted molar refractivity (Wildman–Crippen MR) is 99.3 cm³/mol. The molecule has 0 aliphatic heterocycles. The predicted octanol–water partition coefficient (Wildman–Crippen LogP) is 2.57. The summed E-state index contributed by atoms with van der Waals surface area (Å²) in [5, 5.41) is 0. The summed E-state index contributed by atoms with van der Waals surface area (Å²) in [5.74, 6) is -0.525. The lowest BCUT2D eigenvalue weighted by atomic mass is 10.1. The van der Waals surface area contributed by atoms with Crippen LogP contribution in [-0.2, 0) is 28.7 Å². The van der Waals surface area contributed by atoms with Gasteiger partial charge in [0.25, 0.3) is 18.9 Å². The molecule has 0 rings (SSSR count). The number of carbonyl (C=O) groups is 4. The zero-order valence-electron chi connectivity index (χ0n) is 16.2. The summed E-state index contributed by atoms with van der Waals surface area (Å²) < 4.78 is 9.20. The highest BCUT2D eigenvalue weighted by Gasteiger charge is 2.06. The van der Waals surface area contributed by atoms with Gasteiger partial charge in [0.15, 0.2) is 0 Å². The van der Waals surface area contributed by atoms with Gasteiger partial charge in [0.2, 0.25) is 5.91 Å². The fourth-order valence-corrected chi connectivity index (χ4v) is 2.50. The quantitative estimate of drug-likeness (QED) is 0.208. The number of rotatable bonds is 19. The topological polar surface area (TPSA) is 113 Å². The maximum absolute atomic E-state index is 11.6. The van der Waals surface area contributed by atoms with E-state index in [-0.39, 0.29) is 11.8 Å². The van der Waals surface area contributed by atoms with Gasteiger partial charge in [-0.25, -0.2) is 5.43 Å². The first-order chi connectivity index (χ1) is 13.2. The first-order valence-corrected chi connectivity index (χ1v) is 9.83. The van der Waals surface area contributed by atoms with E-state index in [2.05, 4.69) is 20.3 Å². The minimum Gasteiger partial charge on any atom is -0.468 e. The van der Waals surface area contributed by atoms with Crippen molar-refractivity contribution in [3.8, 4) is 0 Å². The second-order valence-electron chi connectivity index (χ2n) is 6.36. The third-order valence-electron chi connectivity index (χ3n) is 4.01. The molecule has 0 aromatic carbocycles. The summed E-state index contributed by atoms with van der Waals surface area (Å²) in [6.45, 7) is 1.83. The molecule has 0 aromatic rings. The molecule has 0 atom stereocenters. The van der Waals surface area contributed by atoms with E-state index in [1.165, 1.54) is 0 Å². The van der Waals surface area contributed by atoms with Gasteiger partial charge >= 0.3 is 0 Å². The third-order valence-corrected chi connectivity index (χ3v) is 4.01. The van der Waals surface area contributed by atoms with Crippen LogP contribution in [0.15, 0.2) is 0 Å². The highest BCUT2D eigenvalue weighted by Crippen LogP contribution is 2.07. The van der Waals surface area contributed by atoms with Crippen molar-refractivity contribution in [1.29, 1.82) is 0 Å². The number of amides is 2. The second kappa shape index (κ2) is 20.2. The number of nitrogens with zero attached hydrogens (tertiary/aromatic N) is 1. The first-order valence-electron chi connectivity index (χ1n) is 9.83. The van der Waals surface area contributed by atoms with Gasteiger partial charge in [0.1, 0.15) is 0 Å². The molecule has 0 fully saturated rings. The molecule has 27 heavy (non-hydrogen) atoms. The fourth-order valence-electron chi connectivity index (χ4n) is 2.50. The molecule has 0 aliphatic rings. The van der Waals surface area contributed by atoms with Gasteiger partial charge in [0, 0.05) is 12.8 Å². The minimum absolute atomic E-state index is 0.231. The van der Waals surface area contributed by atoms with Gasteiger partial charge in [-0.05, 0) is 25.7 Å². The van der Waals surface area contributed by atoms with Gasteiger partial charge in [0.05, 0.1) is 13.2 Å². The molecule has 155 valence electrons. The van der Waals surface area contributed by atoms with Gasteiger partial charge in [-0.1, -0.05) is 44.9 Å². The van der Waals surface area contributed by atoms with Crippen molar-refractivity contribution in [1.82, 2.24) is 10.9 Å². The molecule has 2 amide bonds. The van der Waals surface area contributed by atoms with Crippen molar-refractivity contribution in [3.05, 3.63) is 0 Å². The zero-order valence-corrected chi connectivity index (χ0v) is 16.2. The molecule has 1 N–H and O–H groups in total. The summed E-state index contributed by atoms with van der Waals surface area (Å²) >= 11 is 0. The van der Waals surface area contributed by atoms with Crippen LogP contribution in [0.2, 0.25) is 0 Å². The average Bonchev–Trinajstić information content (AvgIpc) is 2.67. The summed E-state index contributed by atoms with van der Waals surface area (Å²) in [7, 11) is 0. The SMILES string of the molecule is O=COCCCCCCCCC(=O)[N]NC(=O)CCCCCCCOC=O. The number of ether oxygens (including phenoxy) is 2. The molecule has 8 nitrogen and oxygen atoms in total. The molecule has 0 aromatic heterocycles. The lowest BCUT2D eigenvalue weighted by Gasteiger charge is -2.05. The first kappa shape index (κ1) is 24.9. The zero-order chi connectivity index (χ0) is 20.0. The standard InChI is InChI=1S/C19H33N2O6/c22-16-26-14-10-6-2-1-4-8-12-18(24)20-21-19(25)13-9-5-3-7-11-15-27-17-23/h16-17H,1-15H2,(H,21,25). The Labute approximate surface area is 161 Å². The second-order valence-corrected chi connectivity index (χ2v) is 6.36. The Hall–Kier alpha value is -2.12. The van der Waals surface area contributed by atoms with Crippen LogP contribution in [0.5, 0.6) is 0 Å². The number of hydrogen-bond acceptors (Lipinski definition) is 6. The molecule has 1 radical (unpaired) electrons. The molecular formula is C19H33N2O6. The van der Waals surface area contributed by atoms with E-state index < -0.39 is 0 Å². The number of carbonyl (C=O) groups excluding carboxylic acids is 4. The molecule has 0 bridgehead atoms. The van der Waals surface area contributed by atoms with E-state index in [0.717, 1.165) is 70.6 Å². The van der Waals surface area contributed by atoms with E-state index in [9.17, 15) is 19.2 Å². The Morgan fingerprint density at radius 1 is 0.667 bits per heavy atom. The van der Waals surface area contributed by atoms with E-state index in [4.69, 9.17) is 0 Å². The molecule has 0 unspecified atom stereocenters. The molecular weight excluding hydrogens is 352 g/mol. The van der Waals surface area contributed by atoms with E-state index >= 15 is 0 Å². The van der Waals surface area contributed by atoms with Crippen molar-refractivity contribution < 1.29 is 28.7 Å². The van der Waals surface area contributed by atoms with Gasteiger partial charge in [-0.2, -0.15) is 0 Å². The lowest BCUT2D eigenvalue weighted by molar-refractivity contribution is -0.129. The smallest absolute Gasteiger partial charge is 0.293 e. The summed E-state index contributed by atoms with van der Waals surface area (Å²) in [5.41, 5.74) is 5.92. The van der Waals surface area contributed by atoms with E-state index in [0.29, 0.717) is 39.0 Å². The van der Waals surface area contributed by atoms with Crippen LogP contribution in [-0.4, -0.2) is 38.0 Å². The van der Waals surface area contributed by atoms with Gasteiger partial charge < -0.3 is 9.47 Å². The van der Waals surface area contributed by atoms with Crippen molar-refractivity contribution in [2.24, 2.45) is 0 Å². The molecule has 0 saturated carbocycles. The van der Waals surface area contributed by atoms with Crippen molar-refractivity contribution in [2.45, 2.75) is 83.5 Å². The van der Waals surface area contributed by atoms with Crippen molar-refractivity contribution >= 4 is 24.8 Å². The minimum atomic E-state index is -0.294. The van der Waals surface area contributed by atoms with Gasteiger partial charge in [-0.15, -0.1) is 5.43 Å². The monoisotopic (exact) mass is 385 g/mol. The van der Waals surface area contributed by atoms with Gasteiger partial charge in [-0.3, -0.25) is 19.2 Å². The highest BCUT2D eigenvalue weighted by atomic mass is 16.5. The Balaban J connectivity index is 3.34. The molecule has 0 aliphatic carbocycles. The van der Waals surface area contributed by atoms with Crippen molar-refractivity contribution in [2.75, 3.05) is 13.2 Å². The van der Waals surface area contributed by atoms with E-state index in [1.807, 2.05) is 0 Å². The highest BCUT2D eigenvalue weighted by molar-refractivity contribution is 5.81. The van der Waals surface area contributed by atoms with E-state index in [1.54, 1.807) is 0 Å². The fraction of sp³-hybridized carbons (Fsp3) is 0.789. The van der Waals surface area contributed by atoms with Crippen LogP contribution < -0.4 is 10.9 Å². The molecule has 0 saturated heterocycles.